The standard InChI is InChI=1S/C9H16N4O/c1-8-11-9(12-14-8)7-10-13-5-3-2-4-6-13/h10H,2-7H2,1H3. The maximum Gasteiger partial charge on any atom is 0.223 e. The molecule has 2 heterocycles. The second-order valence-corrected chi connectivity index (χ2v) is 3.61. The van der Waals surface area contributed by atoms with Crippen molar-refractivity contribution in [1.29, 1.82) is 0 Å². The molecule has 1 saturated heterocycles. The Morgan fingerprint density at radius 1 is 1.36 bits per heavy atom. The molecule has 0 unspecified atom stereocenters. The SMILES string of the molecule is Cc1nc(CNN2CCCCC2)no1. The van der Waals surface area contributed by atoms with Gasteiger partial charge < -0.3 is 4.52 Å². The topological polar surface area (TPSA) is 54.2 Å². The number of hydrazine groups is 1. The van der Waals surface area contributed by atoms with E-state index in [0.717, 1.165) is 18.9 Å². The Kier molecular flexibility index (Phi) is 3.10. The maximum atomic E-state index is 4.88. The van der Waals surface area contributed by atoms with Gasteiger partial charge in [0.2, 0.25) is 5.89 Å². The Balaban J connectivity index is 1.76. The molecule has 0 saturated carbocycles. The molecule has 0 amide bonds. The molecule has 0 radical (unpaired) electrons. The van der Waals surface area contributed by atoms with Crippen molar-refractivity contribution in [3.8, 4) is 0 Å². The van der Waals surface area contributed by atoms with E-state index in [1.54, 1.807) is 6.92 Å². The van der Waals surface area contributed by atoms with Crippen LogP contribution in [0.2, 0.25) is 0 Å². The van der Waals surface area contributed by atoms with Crippen LogP contribution in [0.4, 0.5) is 0 Å². The fraction of sp³-hybridized carbons (Fsp3) is 0.778. The Bertz CT molecular complexity index is 280. The van der Waals surface area contributed by atoms with E-state index in [0.29, 0.717) is 12.4 Å². The molecule has 0 atom stereocenters. The van der Waals surface area contributed by atoms with Crippen LogP contribution in [0.3, 0.4) is 0 Å². The summed E-state index contributed by atoms with van der Waals surface area (Å²) in [5.74, 6) is 1.36. The van der Waals surface area contributed by atoms with E-state index < -0.39 is 0 Å². The molecule has 1 fully saturated rings. The van der Waals surface area contributed by atoms with Crippen LogP contribution in [-0.2, 0) is 6.54 Å². The number of hydrogen-bond donors (Lipinski definition) is 1. The summed E-state index contributed by atoms with van der Waals surface area (Å²) in [4.78, 5) is 4.13. The lowest BCUT2D eigenvalue weighted by atomic mass is 10.2. The highest BCUT2D eigenvalue weighted by molar-refractivity contribution is 4.82. The molecule has 0 spiro atoms. The third kappa shape index (κ3) is 2.52. The van der Waals surface area contributed by atoms with Crippen LogP contribution in [0, 0.1) is 6.92 Å². The van der Waals surface area contributed by atoms with Gasteiger partial charge in [-0.05, 0) is 12.8 Å². The maximum absolute atomic E-state index is 4.88. The fourth-order valence-electron chi connectivity index (χ4n) is 1.65. The van der Waals surface area contributed by atoms with Gasteiger partial charge in [-0.25, -0.2) is 10.4 Å². The van der Waals surface area contributed by atoms with Crippen LogP contribution < -0.4 is 5.43 Å². The van der Waals surface area contributed by atoms with E-state index in [4.69, 9.17) is 4.52 Å². The van der Waals surface area contributed by atoms with Gasteiger partial charge in [-0.1, -0.05) is 11.6 Å². The van der Waals surface area contributed by atoms with Gasteiger partial charge >= 0.3 is 0 Å². The molecule has 2 rings (SSSR count). The third-order valence-electron chi connectivity index (χ3n) is 2.39. The quantitative estimate of drug-likeness (QED) is 0.777. The van der Waals surface area contributed by atoms with Crippen molar-refractivity contribution in [2.75, 3.05) is 13.1 Å². The summed E-state index contributed by atoms with van der Waals surface area (Å²) in [6, 6.07) is 0. The molecule has 5 heteroatoms. The molecule has 1 N–H and O–H groups in total. The van der Waals surface area contributed by atoms with Crippen molar-refractivity contribution >= 4 is 0 Å². The van der Waals surface area contributed by atoms with Gasteiger partial charge in [0.05, 0.1) is 6.54 Å². The van der Waals surface area contributed by atoms with E-state index in [-0.39, 0.29) is 0 Å². The van der Waals surface area contributed by atoms with Crippen LogP contribution in [0.15, 0.2) is 4.52 Å². The lowest BCUT2D eigenvalue weighted by molar-refractivity contribution is 0.149. The molecule has 1 aliphatic rings. The first-order valence-corrected chi connectivity index (χ1v) is 5.12. The first-order chi connectivity index (χ1) is 6.84. The molecular weight excluding hydrogens is 180 g/mol. The highest BCUT2D eigenvalue weighted by atomic mass is 16.5. The molecular formula is C9H16N4O. The van der Waals surface area contributed by atoms with E-state index in [9.17, 15) is 0 Å². The van der Waals surface area contributed by atoms with Crippen molar-refractivity contribution < 1.29 is 4.52 Å². The summed E-state index contributed by atoms with van der Waals surface area (Å²) in [5.41, 5.74) is 3.30. The van der Waals surface area contributed by atoms with Crippen LogP contribution >= 0.6 is 0 Å². The number of rotatable bonds is 3. The molecule has 0 bridgehead atoms. The number of piperidine rings is 1. The van der Waals surface area contributed by atoms with E-state index in [1.807, 2.05) is 0 Å². The van der Waals surface area contributed by atoms with Crippen molar-refractivity contribution in [2.45, 2.75) is 32.7 Å². The predicted octanol–water partition coefficient (Wildman–Crippen LogP) is 0.869. The predicted molar refractivity (Wildman–Crippen MR) is 51.3 cm³/mol. The molecule has 0 aliphatic carbocycles. The van der Waals surface area contributed by atoms with Crippen LogP contribution in [0.1, 0.15) is 31.0 Å². The summed E-state index contributed by atoms with van der Waals surface area (Å²) in [7, 11) is 0. The van der Waals surface area contributed by atoms with E-state index >= 15 is 0 Å². The average Bonchev–Trinajstić information content (AvgIpc) is 2.63. The molecule has 5 nitrogen and oxygen atoms in total. The van der Waals surface area contributed by atoms with Gasteiger partial charge in [-0.15, -0.1) is 0 Å². The molecule has 1 aromatic heterocycles. The lowest BCUT2D eigenvalue weighted by Crippen LogP contribution is -2.41. The van der Waals surface area contributed by atoms with Crippen LogP contribution in [-0.4, -0.2) is 28.2 Å². The monoisotopic (exact) mass is 196 g/mol. The number of nitrogens with one attached hydrogen (secondary N) is 1. The normalized spacial score (nSPS) is 18.6. The van der Waals surface area contributed by atoms with E-state index in [1.165, 1.54) is 19.3 Å². The highest BCUT2D eigenvalue weighted by Gasteiger charge is 2.10. The van der Waals surface area contributed by atoms with Crippen LogP contribution in [0.5, 0.6) is 0 Å². The Morgan fingerprint density at radius 2 is 2.14 bits per heavy atom. The van der Waals surface area contributed by atoms with Crippen molar-refractivity contribution in [3.05, 3.63) is 11.7 Å². The highest BCUT2D eigenvalue weighted by Crippen LogP contribution is 2.06. The zero-order valence-corrected chi connectivity index (χ0v) is 8.49. The molecule has 78 valence electrons. The summed E-state index contributed by atoms with van der Waals surface area (Å²) >= 11 is 0. The first kappa shape index (κ1) is 9.61. The lowest BCUT2D eigenvalue weighted by Gasteiger charge is -2.26. The van der Waals surface area contributed by atoms with Gasteiger partial charge in [0.15, 0.2) is 5.82 Å². The number of nitrogens with zero attached hydrogens (tertiary/aromatic N) is 3. The van der Waals surface area contributed by atoms with Crippen LogP contribution in [0.25, 0.3) is 0 Å². The summed E-state index contributed by atoms with van der Waals surface area (Å²) in [6.07, 6.45) is 3.90. The van der Waals surface area contributed by atoms with Gasteiger partial charge in [0, 0.05) is 20.0 Å². The van der Waals surface area contributed by atoms with Crippen molar-refractivity contribution in [2.24, 2.45) is 0 Å². The second kappa shape index (κ2) is 4.52. The van der Waals surface area contributed by atoms with Crippen molar-refractivity contribution in [1.82, 2.24) is 20.6 Å². The Morgan fingerprint density at radius 3 is 2.79 bits per heavy atom. The Labute approximate surface area is 83.4 Å². The zero-order chi connectivity index (χ0) is 9.80. The van der Waals surface area contributed by atoms with Gasteiger partial charge in [-0.3, -0.25) is 0 Å². The average molecular weight is 196 g/mol. The largest absolute Gasteiger partial charge is 0.340 e. The smallest absolute Gasteiger partial charge is 0.223 e. The zero-order valence-electron chi connectivity index (χ0n) is 8.49. The van der Waals surface area contributed by atoms with Gasteiger partial charge in [0.25, 0.3) is 0 Å². The summed E-state index contributed by atoms with van der Waals surface area (Å²) in [5, 5.41) is 6.06. The first-order valence-electron chi connectivity index (χ1n) is 5.12. The minimum atomic E-state index is 0.625. The molecule has 1 aromatic rings. The fourth-order valence-corrected chi connectivity index (χ4v) is 1.65. The number of hydrogen-bond acceptors (Lipinski definition) is 5. The van der Waals surface area contributed by atoms with Gasteiger partial charge in [0.1, 0.15) is 0 Å². The minimum absolute atomic E-state index is 0.625. The summed E-state index contributed by atoms with van der Waals surface area (Å²) < 4.78 is 4.88. The van der Waals surface area contributed by atoms with Crippen molar-refractivity contribution in [3.63, 3.8) is 0 Å². The van der Waals surface area contributed by atoms with E-state index in [2.05, 4.69) is 20.6 Å². The molecule has 14 heavy (non-hydrogen) atoms. The minimum Gasteiger partial charge on any atom is -0.340 e. The third-order valence-corrected chi connectivity index (χ3v) is 2.39. The number of aryl methyl sites for hydroxylation is 1. The number of aromatic nitrogens is 2. The molecule has 0 aromatic carbocycles. The molecule has 1 aliphatic heterocycles. The Hall–Kier alpha value is -0.940. The second-order valence-electron chi connectivity index (χ2n) is 3.61. The summed E-state index contributed by atoms with van der Waals surface area (Å²) in [6.45, 7) is 4.71. The van der Waals surface area contributed by atoms with Gasteiger partial charge in [-0.2, -0.15) is 4.98 Å².